The normalized spacial score (nSPS) is 16.6. The van der Waals surface area contributed by atoms with E-state index in [1.165, 1.54) is 11.0 Å². The Labute approximate surface area is 164 Å². The third kappa shape index (κ3) is 5.24. The minimum Gasteiger partial charge on any atom is -0.444 e. The van der Waals surface area contributed by atoms with Gasteiger partial charge in [-0.3, -0.25) is 9.59 Å². The molecule has 0 unspecified atom stereocenters. The van der Waals surface area contributed by atoms with E-state index in [1.54, 1.807) is 20.8 Å². The highest BCUT2D eigenvalue weighted by molar-refractivity contribution is 9.10. The predicted molar refractivity (Wildman–Crippen MR) is 99.0 cm³/mol. The molecule has 0 atom stereocenters. The summed E-state index contributed by atoms with van der Waals surface area (Å²) in [5.41, 5.74) is -3.43. The van der Waals surface area contributed by atoms with Crippen LogP contribution in [0.25, 0.3) is 0 Å². The Hall–Kier alpha value is -2.03. The monoisotopic (exact) mass is 446 g/mol. The molecule has 1 N–H and O–H groups in total. The number of anilines is 1. The summed E-state index contributed by atoms with van der Waals surface area (Å²) < 4.78 is 34.7. The van der Waals surface area contributed by atoms with E-state index in [1.807, 2.05) is 0 Å². The van der Waals surface area contributed by atoms with Crippen LogP contribution in [0.5, 0.6) is 0 Å². The van der Waals surface area contributed by atoms with Crippen molar-refractivity contribution in [3.05, 3.63) is 28.0 Å². The van der Waals surface area contributed by atoms with Crippen LogP contribution in [-0.4, -0.2) is 47.5 Å². The van der Waals surface area contributed by atoms with Gasteiger partial charge >= 0.3 is 6.09 Å². The molecule has 1 saturated heterocycles. The van der Waals surface area contributed by atoms with Gasteiger partial charge in [0.1, 0.15) is 11.4 Å². The van der Waals surface area contributed by atoms with Crippen molar-refractivity contribution in [3.8, 4) is 0 Å². The quantitative estimate of drug-likeness (QED) is 0.709. The number of hydrogen-bond donors (Lipinski definition) is 1. The van der Waals surface area contributed by atoms with Gasteiger partial charge in [0.25, 0.3) is 5.91 Å². The number of nitrogens with one attached hydrogen (secondary N) is 1. The highest BCUT2D eigenvalue weighted by Gasteiger charge is 2.43. The first-order chi connectivity index (χ1) is 12.4. The molecule has 148 valence electrons. The summed E-state index contributed by atoms with van der Waals surface area (Å²) in [4.78, 5) is 36.9. The van der Waals surface area contributed by atoms with E-state index in [9.17, 15) is 18.8 Å². The lowest BCUT2D eigenvalue weighted by molar-refractivity contribution is -0.130. The van der Waals surface area contributed by atoms with Crippen LogP contribution in [0.15, 0.2) is 16.6 Å². The Balaban J connectivity index is 2.07. The average molecular weight is 447 g/mol. The summed E-state index contributed by atoms with van der Waals surface area (Å²) >= 11 is 3.05. The van der Waals surface area contributed by atoms with E-state index in [4.69, 9.17) is 4.74 Å². The Bertz CT molecular complexity index is 756. The van der Waals surface area contributed by atoms with Crippen molar-refractivity contribution >= 4 is 39.9 Å². The third-order valence-corrected chi connectivity index (χ3v) is 4.52. The highest BCUT2D eigenvalue weighted by Crippen LogP contribution is 2.31. The van der Waals surface area contributed by atoms with Crippen molar-refractivity contribution in [2.24, 2.45) is 0 Å². The number of carbonyl (C=O) groups is 3. The van der Waals surface area contributed by atoms with E-state index >= 15 is 4.39 Å². The summed E-state index contributed by atoms with van der Waals surface area (Å²) in [6, 6.07) is 2.39. The van der Waals surface area contributed by atoms with Crippen molar-refractivity contribution < 1.29 is 27.9 Å². The molecular formula is C18H21BrF2N2O4. The molecule has 0 bridgehead atoms. The minimum atomic E-state index is -2.28. The molecule has 1 aromatic rings. The van der Waals surface area contributed by atoms with Crippen LogP contribution in [0.3, 0.4) is 0 Å². The second-order valence-corrected chi connectivity index (χ2v) is 8.27. The molecule has 1 aromatic carbocycles. The molecule has 0 aromatic heterocycles. The summed E-state index contributed by atoms with van der Waals surface area (Å²) in [6.45, 7) is 5.14. The van der Waals surface area contributed by atoms with Crippen molar-refractivity contribution in [3.63, 3.8) is 0 Å². The molecule has 1 fully saturated rings. The predicted octanol–water partition coefficient (Wildman–Crippen LogP) is 4.08. The number of halogens is 3. The zero-order valence-corrected chi connectivity index (χ0v) is 16.9. The summed E-state index contributed by atoms with van der Waals surface area (Å²) in [5.74, 6) is -1.90. The van der Waals surface area contributed by atoms with Gasteiger partial charge in [-0.1, -0.05) is 15.9 Å². The Morgan fingerprint density at radius 2 is 1.89 bits per heavy atom. The van der Waals surface area contributed by atoms with Gasteiger partial charge in [0.2, 0.25) is 0 Å². The zero-order valence-electron chi connectivity index (χ0n) is 15.3. The van der Waals surface area contributed by atoms with Crippen molar-refractivity contribution in [1.29, 1.82) is 0 Å². The fraction of sp³-hybridized carbons (Fsp3) is 0.500. The van der Waals surface area contributed by atoms with Crippen LogP contribution in [-0.2, 0) is 9.53 Å². The van der Waals surface area contributed by atoms with Gasteiger partial charge in [0.05, 0.1) is 5.69 Å². The van der Waals surface area contributed by atoms with E-state index in [2.05, 4.69) is 21.2 Å². The van der Waals surface area contributed by atoms with Gasteiger partial charge in [0, 0.05) is 36.0 Å². The number of benzene rings is 1. The minimum absolute atomic E-state index is 0.0117. The second kappa shape index (κ2) is 7.92. The molecule has 6 nitrogen and oxygen atoms in total. The van der Waals surface area contributed by atoms with E-state index in [-0.39, 0.29) is 37.2 Å². The smallest absolute Gasteiger partial charge is 0.410 e. The molecule has 27 heavy (non-hydrogen) atoms. The molecule has 2 rings (SSSR count). The molecule has 1 aliphatic rings. The Morgan fingerprint density at radius 1 is 1.30 bits per heavy atom. The van der Waals surface area contributed by atoms with Crippen LogP contribution >= 0.6 is 15.9 Å². The molecule has 0 spiro atoms. The van der Waals surface area contributed by atoms with Crippen LogP contribution in [0.2, 0.25) is 0 Å². The number of ether oxygens (including phenoxy) is 1. The van der Waals surface area contributed by atoms with Crippen LogP contribution < -0.4 is 5.32 Å². The molecule has 1 heterocycles. The molecule has 2 amide bonds. The summed E-state index contributed by atoms with van der Waals surface area (Å²) in [7, 11) is 0. The van der Waals surface area contributed by atoms with Crippen molar-refractivity contribution in [2.75, 3.05) is 18.4 Å². The molecule has 9 heteroatoms. The lowest BCUT2D eigenvalue weighted by Gasteiger charge is -2.36. The summed E-state index contributed by atoms with van der Waals surface area (Å²) in [5, 5.41) is 2.17. The Morgan fingerprint density at radius 3 is 2.41 bits per heavy atom. The third-order valence-electron chi connectivity index (χ3n) is 4.07. The van der Waals surface area contributed by atoms with E-state index in [0.29, 0.717) is 10.8 Å². The van der Waals surface area contributed by atoms with E-state index < -0.39 is 29.1 Å². The van der Waals surface area contributed by atoms with Gasteiger partial charge in [-0.25, -0.2) is 13.6 Å². The number of piperidine rings is 1. The summed E-state index contributed by atoms with van der Waals surface area (Å²) in [6.07, 6.45) is -0.717. The maximum atomic E-state index is 15.1. The molecule has 1 aliphatic heterocycles. The van der Waals surface area contributed by atoms with Gasteiger partial charge in [0.15, 0.2) is 12.0 Å². The largest absolute Gasteiger partial charge is 0.444 e. The number of rotatable bonds is 3. The number of carbonyl (C=O) groups excluding carboxylic acids is 3. The number of aldehydes is 1. The van der Waals surface area contributed by atoms with Gasteiger partial charge in [-0.2, -0.15) is 0 Å². The number of nitrogens with zero attached hydrogens (tertiary/aromatic N) is 1. The van der Waals surface area contributed by atoms with Gasteiger partial charge in [-0.05, 0) is 32.9 Å². The standard InChI is InChI=1S/C18H21BrF2N2O4/c1-17(2,3)27-16(26)23-6-4-18(21,5-7-23)15(25)22-14-11(10-24)8-12(19)9-13(14)20/h8-10H,4-7H2,1-3H3,(H,22,25). The highest BCUT2D eigenvalue weighted by atomic mass is 79.9. The Kier molecular flexibility index (Phi) is 6.24. The molecule has 0 radical (unpaired) electrons. The maximum Gasteiger partial charge on any atom is 0.410 e. The lowest BCUT2D eigenvalue weighted by Crippen LogP contribution is -2.51. The first kappa shape index (κ1) is 21.3. The van der Waals surface area contributed by atoms with Crippen molar-refractivity contribution in [1.82, 2.24) is 4.90 Å². The van der Waals surface area contributed by atoms with E-state index in [0.717, 1.165) is 6.07 Å². The topological polar surface area (TPSA) is 75.7 Å². The van der Waals surface area contributed by atoms with Crippen LogP contribution in [0, 0.1) is 5.82 Å². The average Bonchev–Trinajstić information content (AvgIpc) is 2.55. The fourth-order valence-corrected chi connectivity index (χ4v) is 3.09. The number of amides is 2. The van der Waals surface area contributed by atoms with Crippen molar-refractivity contribution in [2.45, 2.75) is 44.9 Å². The second-order valence-electron chi connectivity index (χ2n) is 7.36. The molecular weight excluding hydrogens is 426 g/mol. The zero-order chi connectivity index (χ0) is 20.4. The van der Waals surface area contributed by atoms with Crippen LogP contribution in [0.4, 0.5) is 19.3 Å². The number of likely N-dealkylation sites (tertiary alicyclic amines) is 1. The number of hydrogen-bond acceptors (Lipinski definition) is 4. The lowest BCUT2D eigenvalue weighted by atomic mass is 9.92. The number of alkyl halides is 1. The first-order valence-electron chi connectivity index (χ1n) is 8.38. The maximum absolute atomic E-state index is 15.1. The van der Waals surface area contributed by atoms with Gasteiger partial charge < -0.3 is 15.0 Å². The fourth-order valence-electron chi connectivity index (χ4n) is 2.64. The molecule has 0 saturated carbocycles. The first-order valence-corrected chi connectivity index (χ1v) is 9.17. The molecule has 0 aliphatic carbocycles. The van der Waals surface area contributed by atoms with Crippen LogP contribution in [0.1, 0.15) is 44.0 Å². The SMILES string of the molecule is CC(C)(C)OC(=O)N1CCC(F)(C(=O)Nc2c(F)cc(Br)cc2C=O)CC1. The van der Waals surface area contributed by atoms with Gasteiger partial charge in [-0.15, -0.1) is 0 Å².